The molecule has 0 saturated carbocycles. The van der Waals surface area contributed by atoms with Crippen molar-refractivity contribution in [3.8, 4) is 0 Å². The Morgan fingerprint density at radius 1 is 0.818 bits per heavy atom. The fourth-order valence-electron chi connectivity index (χ4n) is 5.18. The van der Waals surface area contributed by atoms with Gasteiger partial charge in [-0.05, 0) is 26.7 Å². The molecule has 0 radical (unpaired) electrons. The Morgan fingerprint density at radius 2 is 1.30 bits per heavy atom. The van der Waals surface area contributed by atoms with E-state index in [0.29, 0.717) is 6.42 Å². The summed E-state index contributed by atoms with van der Waals surface area (Å²) in [5, 5.41) is 39.8. The number of likely N-dealkylation sites (N-methyl/N-ethyl adjacent to an activating group) is 1. The van der Waals surface area contributed by atoms with Crippen molar-refractivity contribution in [3.05, 3.63) is 0 Å². The number of aliphatic hydroxyl groups is 2. The monoisotopic (exact) mass is 474 g/mol. The molecule has 7 heteroatoms. The minimum atomic E-state index is -1.44. The number of aliphatic carboxylic acids is 2. The van der Waals surface area contributed by atoms with Crippen LogP contribution in [0.15, 0.2) is 0 Å². The number of hydrogen-bond donors (Lipinski definition) is 4. The van der Waals surface area contributed by atoms with Crippen LogP contribution in [0.25, 0.3) is 0 Å². The van der Waals surface area contributed by atoms with Crippen LogP contribution in [0.5, 0.6) is 0 Å². The number of nitrogens with zero attached hydrogens (tertiary/aromatic N) is 1. The summed E-state index contributed by atoms with van der Waals surface area (Å²) in [6.45, 7) is 5.48. The smallest absolute Gasteiger partial charge is 0.365 e. The zero-order chi connectivity index (χ0) is 25.5. The van der Waals surface area contributed by atoms with Crippen LogP contribution in [-0.2, 0) is 9.59 Å². The van der Waals surface area contributed by atoms with Crippen LogP contribution in [0.3, 0.4) is 0 Å². The highest BCUT2D eigenvalue weighted by Gasteiger charge is 2.56. The van der Waals surface area contributed by atoms with Crippen LogP contribution in [0.2, 0.25) is 0 Å². The van der Waals surface area contributed by atoms with Crippen LogP contribution in [-0.4, -0.2) is 74.7 Å². The van der Waals surface area contributed by atoms with E-state index in [2.05, 4.69) is 6.92 Å². The lowest BCUT2D eigenvalue weighted by Crippen LogP contribution is -2.69. The molecule has 0 aliphatic carbocycles. The first kappa shape index (κ1) is 31.8. The first-order valence-electron chi connectivity index (χ1n) is 13.1. The van der Waals surface area contributed by atoms with Crippen molar-refractivity contribution in [1.82, 2.24) is 0 Å². The highest BCUT2D eigenvalue weighted by molar-refractivity contribution is 5.78. The minimum Gasteiger partial charge on any atom is -0.481 e. The Balaban J connectivity index is 5.21. The van der Waals surface area contributed by atoms with Crippen molar-refractivity contribution in [2.45, 2.75) is 141 Å². The molecule has 0 bridgehead atoms. The van der Waals surface area contributed by atoms with E-state index >= 15 is 0 Å². The topological polar surface area (TPSA) is 115 Å². The van der Waals surface area contributed by atoms with Gasteiger partial charge in [0.05, 0.1) is 38.8 Å². The molecule has 196 valence electrons. The number of carboxylic acids is 2. The minimum absolute atomic E-state index is 0.0308. The molecule has 0 aromatic rings. The van der Waals surface area contributed by atoms with Gasteiger partial charge in [0, 0.05) is 19.3 Å². The number of hydrogen-bond acceptors (Lipinski definition) is 4. The SMILES string of the molecule is CCCCCCCCCCCCC(CC(C)O)[N+](C)(C)C(CCC(=O)O)(CC(C)O)C(=O)O. The molecule has 7 nitrogen and oxygen atoms in total. The number of aliphatic hydroxyl groups excluding tert-OH is 2. The highest BCUT2D eigenvalue weighted by atomic mass is 16.4. The molecule has 4 unspecified atom stereocenters. The Bertz CT molecular complexity index is 549. The van der Waals surface area contributed by atoms with Gasteiger partial charge in [-0.25, -0.2) is 4.79 Å². The molecular formula is C26H52NO6+. The average molecular weight is 475 g/mol. The van der Waals surface area contributed by atoms with Crippen molar-refractivity contribution < 1.29 is 34.5 Å². The van der Waals surface area contributed by atoms with Crippen molar-refractivity contribution in [2.75, 3.05) is 14.1 Å². The number of quaternary nitrogens is 1. The molecular weight excluding hydrogens is 422 g/mol. The summed E-state index contributed by atoms with van der Waals surface area (Å²) in [5.74, 6) is -2.14. The molecule has 0 spiro atoms. The third kappa shape index (κ3) is 11.7. The normalized spacial score (nSPS) is 16.7. The van der Waals surface area contributed by atoms with Gasteiger partial charge in [0.25, 0.3) is 0 Å². The van der Waals surface area contributed by atoms with Crippen molar-refractivity contribution >= 4 is 11.9 Å². The van der Waals surface area contributed by atoms with Crippen molar-refractivity contribution in [1.29, 1.82) is 0 Å². The summed E-state index contributed by atoms with van der Waals surface area (Å²) in [4.78, 5) is 23.9. The maximum absolute atomic E-state index is 12.6. The van der Waals surface area contributed by atoms with E-state index in [1.54, 1.807) is 13.8 Å². The molecule has 4 N–H and O–H groups in total. The van der Waals surface area contributed by atoms with Gasteiger partial charge in [-0.1, -0.05) is 64.7 Å². The van der Waals surface area contributed by atoms with Gasteiger partial charge in [0.1, 0.15) is 0 Å². The van der Waals surface area contributed by atoms with Gasteiger partial charge in [-0.2, -0.15) is 0 Å². The molecule has 0 heterocycles. The Morgan fingerprint density at radius 3 is 1.70 bits per heavy atom. The van der Waals surface area contributed by atoms with E-state index in [4.69, 9.17) is 0 Å². The maximum atomic E-state index is 12.6. The Labute approximate surface area is 201 Å². The van der Waals surface area contributed by atoms with E-state index in [1.807, 2.05) is 14.1 Å². The second-order valence-corrected chi connectivity index (χ2v) is 10.5. The summed E-state index contributed by atoms with van der Waals surface area (Å²) in [7, 11) is 3.64. The fraction of sp³-hybridized carbons (Fsp3) is 0.923. The first-order valence-corrected chi connectivity index (χ1v) is 13.1. The lowest BCUT2D eigenvalue weighted by atomic mass is 9.80. The molecule has 0 rings (SSSR count). The van der Waals surface area contributed by atoms with Crippen LogP contribution >= 0.6 is 0 Å². The van der Waals surface area contributed by atoms with Crippen LogP contribution < -0.4 is 0 Å². The summed E-state index contributed by atoms with van der Waals surface area (Å²) in [6, 6.07) is -0.150. The largest absolute Gasteiger partial charge is 0.481 e. The van der Waals surface area contributed by atoms with E-state index in [9.17, 15) is 30.0 Å². The number of carbonyl (C=O) groups is 2. The number of rotatable bonds is 21. The molecule has 0 aromatic heterocycles. The van der Waals surface area contributed by atoms with Gasteiger partial charge in [0.15, 0.2) is 5.54 Å². The van der Waals surface area contributed by atoms with Crippen molar-refractivity contribution in [2.24, 2.45) is 0 Å². The van der Waals surface area contributed by atoms with Crippen LogP contribution in [0.4, 0.5) is 0 Å². The third-order valence-corrected chi connectivity index (χ3v) is 7.30. The third-order valence-electron chi connectivity index (χ3n) is 7.30. The van der Waals surface area contributed by atoms with E-state index in [1.165, 1.54) is 44.9 Å². The summed E-state index contributed by atoms with van der Waals surface area (Å²) in [5.41, 5.74) is -1.44. The molecule has 0 aliphatic rings. The summed E-state index contributed by atoms with van der Waals surface area (Å²) in [6.07, 6.45) is 11.5. The van der Waals surface area contributed by atoms with Crippen LogP contribution in [0, 0.1) is 0 Å². The molecule has 0 aromatic carbocycles. The second-order valence-electron chi connectivity index (χ2n) is 10.5. The quantitative estimate of drug-likeness (QED) is 0.138. The standard InChI is InChI=1S/C26H51NO6/c1-6-7-8-9-10-11-12-13-14-15-16-23(19-21(2)28)27(4,5)26(25(32)33,20-22(3)29)18-17-24(30)31/h21-23,28-29H,6-20H2,1-5H3,(H-,30,31,32,33)/p+1. The van der Waals surface area contributed by atoms with Gasteiger partial charge >= 0.3 is 11.9 Å². The molecule has 0 aliphatic heterocycles. The summed E-state index contributed by atoms with van der Waals surface area (Å²) >= 11 is 0. The second kappa shape index (κ2) is 16.4. The highest BCUT2D eigenvalue weighted by Crippen LogP contribution is 2.37. The lowest BCUT2D eigenvalue weighted by Gasteiger charge is -2.51. The zero-order valence-electron chi connectivity index (χ0n) is 21.9. The van der Waals surface area contributed by atoms with Gasteiger partial charge in [-0.15, -0.1) is 0 Å². The number of carboxylic acid groups (broad SMARTS) is 2. The predicted molar refractivity (Wildman–Crippen MR) is 132 cm³/mol. The molecule has 33 heavy (non-hydrogen) atoms. The van der Waals surface area contributed by atoms with E-state index in [-0.39, 0.29) is 29.8 Å². The van der Waals surface area contributed by atoms with E-state index < -0.39 is 29.7 Å². The Hall–Kier alpha value is -1.18. The predicted octanol–water partition coefficient (Wildman–Crippen LogP) is 4.97. The van der Waals surface area contributed by atoms with E-state index in [0.717, 1.165) is 25.7 Å². The Kier molecular flexibility index (Phi) is 15.9. The van der Waals surface area contributed by atoms with Gasteiger partial charge in [0.2, 0.25) is 0 Å². The first-order chi connectivity index (χ1) is 15.4. The van der Waals surface area contributed by atoms with Crippen molar-refractivity contribution in [3.63, 3.8) is 0 Å². The maximum Gasteiger partial charge on any atom is 0.365 e. The van der Waals surface area contributed by atoms with Crippen LogP contribution in [0.1, 0.15) is 117 Å². The molecule has 0 saturated heterocycles. The van der Waals surface area contributed by atoms with Gasteiger partial charge in [-0.3, -0.25) is 4.79 Å². The molecule has 0 fully saturated rings. The molecule has 0 amide bonds. The average Bonchev–Trinajstić information content (AvgIpc) is 2.70. The fourth-order valence-corrected chi connectivity index (χ4v) is 5.18. The number of unbranched alkanes of at least 4 members (excludes halogenated alkanes) is 9. The summed E-state index contributed by atoms with van der Waals surface area (Å²) < 4.78 is 0.0445. The van der Waals surface area contributed by atoms with Gasteiger partial charge < -0.3 is 24.9 Å². The molecule has 4 atom stereocenters. The zero-order valence-corrected chi connectivity index (χ0v) is 21.9. The lowest BCUT2D eigenvalue weighted by molar-refractivity contribution is -0.957.